The van der Waals surface area contributed by atoms with Crippen molar-refractivity contribution in [3.63, 3.8) is 0 Å². The zero-order chi connectivity index (χ0) is 9.11. The van der Waals surface area contributed by atoms with Crippen LogP contribution in [-0.2, 0) is 9.47 Å². The number of ether oxygens (including phenoxy) is 2. The molecular weight excluding hydrogens is 148 g/mol. The average Bonchev–Trinajstić information content (AvgIpc) is 1.90. The molecule has 0 heterocycles. The van der Waals surface area contributed by atoms with Crippen molar-refractivity contribution in [3.8, 4) is 0 Å². The van der Waals surface area contributed by atoms with Gasteiger partial charge in [-0.3, -0.25) is 0 Å². The Morgan fingerprint density at radius 1 is 1.27 bits per heavy atom. The Bertz CT molecular complexity index is 54.4. The van der Waals surface area contributed by atoms with Crippen LogP contribution < -0.4 is 0 Å². The number of aliphatic hydroxyl groups is 2. The molecule has 0 bridgehead atoms. The molecule has 0 saturated carbocycles. The van der Waals surface area contributed by atoms with Crippen molar-refractivity contribution in [3.05, 3.63) is 0 Å². The Kier molecular flexibility index (Phi) is 15.3. The molecule has 1 atom stereocenters. The second-order valence-electron chi connectivity index (χ2n) is 2.02. The quantitative estimate of drug-likeness (QED) is 0.598. The summed E-state index contributed by atoms with van der Waals surface area (Å²) < 4.78 is 8.99. The number of hydrogen-bond donors (Lipinski definition) is 2. The lowest BCUT2D eigenvalue weighted by Crippen LogP contribution is -2.07. The first kappa shape index (κ1) is 13.4. The Morgan fingerprint density at radius 3 is 1.82 bits per heavy atom. The van der Waals surface area contributed by atoms with Gasteiger partial charge in [0.1, 0.15) is 0 Å². The first-order valence-corrected chi connectivity index (χ1v) is 3.45. The average molecular weight is 166 g/mol. The standard InChI is InChI=1S/C4H10O2.C3H8O2/c1-4(5)3-6-2;1-5-3-2-4/h4-5H,3H2,1-2H3;4H,2-3H2,1H3. The third kappa shape index (κ3) is 25.8. The topological polar surface area (TPSA) is 58.9 Å². The molecule has 4 heteroatoms. The van der Waals surface area contributed by atoms with Gasteiger partial charge in [0.15, 0.2) is 0 Å². The molecule has 2 N–H and O–H groups in total. The molecule has 0 saturated heterocycles. The highest BCUT2D eigenvalue weighted by Gasteiger charge is 1.87. The normalized spacial score (nSPS) is 11.7. The van der Waals surface area contributed by atoms with Crippen LogP contribution in [0.2, 0.25) is 0 Å². The minimum atomic E-state index is -0.324. The predicted octanol–water partition coefficient (Wildman–Crippen LogP) is -0.361. The van der Waals surface area contributed by atoms with E-state index < -0.39 is 0 Å². The molecule has 0 radical (unpaired) electrons. The van der Waals surface area contributed by atoms with Gasteiger partial charge in [0, 0.05) is 14.2 Å². The fraction of sp³-hybridized carbons (Fsp3) is 1.00. The van der Waals surface area contributed by atoms with Crippen LogP contribution in [0, 0.1) is 0 Å². The molecule has 0 amide bonds. The van der Waals surface area contributed by atoms with Crippen LogP contribution in [0.25, 0.3) is 0 Å². The van der Waals surface area contributed by atoms with Gasteiger partial charge in [-0.1, -0.05) is 0 Å². The van der Waals surface area contributed by atoms with Crippen molar-refractivity contribution in [1.29, 1.82) is 0 Å². The molecule has 0 rings (SSSR count). The summed E-state index contributed by atoms with van der Waals surface area (Å²) in [6.45, 7) is 2.68. The summed E-state index contributed by atoms with van der Waals surface area (Å²) in [6.07, 6.45) is -0.324. The van der Waals surface area contributed by atoms with Crippen LogP contribution in [-0.4, -0.2) is 50.4 Å². The van der Waals surface area contributed by atoms with Gasteiger partial charge in [0.25, 0.3) is 0 Å². The second kappa shape index (κ2) is 12.5. The fourth-order valence-corrected chi connectivity index (χ4v) is 0.332. The molecule has 4 nitrogen and oxygen atoms in total. The van der Waals surface area contributed by atoms with Crippen molar-refractivity contribution >= 4 is 0 Å². The lowest BCUT2D eigenvalue weighted by atomic mass is 10.5. The van der Waals surface area contributed by atoms with Gasteiger partial charge < -0.3 is 19.7 Å². The number of hydrogen-bond acceptors (Lipinski definition) is 4. The van der Waals surface area contributed by atoms with Crippen LogP contribution in [0.3, 0.4) is 0 Å². The van der Waals surface area contributed by atoms with E-state index in [0.29, 0.717) is 13.2 Å². The van der Waals surface area contributed by atoms with Crippen molar-refractivity contribution in [2.75, 3.05) is 34.0 Å². The van der Waals surface area contributed by atoms with Crippen LogP contribution >= 0.6 is 0 Å². The van der Waals surface area contributed by atoms with Gasteiger partial charge in [0.2, 0.25) is 0 Å². The van der Waals surface area contributed by atoms with Crippen molar-refractivity contribution in [1.82, 2.24) is 0 Å². The maximum atomic E-state index is 8.43. The monoisotopic (exact) mass is 166 g/mol. The highest BCUT2D eigenvalue weighted by Crippen LogP contribution is 1.75. The summed E-state index contributed by atoms with van der Waals surface area (Å²) in [4.78, 5) is 0. The molecule has 0 aliphatic heterocycles. The highest BCUT2D eigenvalue weighted by molar-refractivity contribution is 4.36. The Hall–Kier alpha value is -0.160. The van der Waals surface area contributed by atoms with E-state index in [1.807, 2.05) is 0 Å². The molecule has 0 aliphatic carbocycles. The van der Waals surface area contributed by atoms with Gasteiger partial charge >= 0.3 is 0 Å². The van der Waals surface area contributed by atoms with E-state index in [2.05, 4.69) is 9.47 Å². The molecule has 0 aromatic heterocycles. The molecule has 0 fully saturated rings. The van der Waals surface area contributed by atoms with E-state index >= 15 is 0 Å². The van der Waals surface area contributed by atoms with E-state index in [9.17, 15) is 0 Å². The van der Waals surface area contributed by atoms with Crippen molar-refractivity contribution in [2.45, 2.75) is 13.0 Å². The van der Waals surface area contributed by atoms with Gasteiger partial charge in [0.05, 0.1) is 25.9 Å². The lowest BCUT2D eigenvalue weighted by Gasteiger charge is -1.97. The zero-order valence-electron chi connectivity index (χ0n) is 7.41. The minimum absolute atomic E-state index is 0.122. The Morgan fingerprint density at radius 2 is 1.82 bits per heavy atom. The molecular formula is C7H18O4. The molecule has 11 heavy (non-hydrogen) atoms. The largest absolute Gasteiger partial charge is 0.394 e. The predicted molar refractivity (Wildman–Crippen MR) is 42.5 cm³/mol. The van der Waals surface area contributed by atoms with Crippen molar-refractivity contribution < 1.29 is 19.7 Å². The molecule has 0 spiro atoms. The second-order valence-corrected chi connectivity index (χ2v) is 2.02. The summed E-state index contributed by atoms with van der Waals surface area (Å²) in [6, 6.07) is 0. The molecule has 0 aromatic carbocycles. The highest BCUT2D eigenvalue weighted by atomic mass is 16.5. The summed E-state index contributed by atoms with van der Waals surface area (Å²) in [7, 11) is 3.11. The van der Waals surface area contributed by atoms with Crippen molar-refractivity contribution in [2.24, 2.45) is 0 Å². The third-order valence-electron chi connectivity index (χ3n) is 0.703. The summed E-state index contributed by atoms with van der Waals surface area (Å²) in [5, 5.41) is 16.4. The van der Waals surface area contributed by atoms with Gasteiger partial charge in [-0.25, -0.2) is 0 Å². The zero-order valence-corrected chi connectivity index (χ0v) is 7.41. The summed E-state index contributed by atoms with van der Waals surface area (Å²) >= 11 is 0. The molecule has 70 valence electrons. The fourth-order valence-electron chi connectivity index (χ4n) is 0.332. The van der Waals surface area contributed by atoms with Crippen LogP contribution in [0.15, 0.2) is 0 Å². The maximum Gasteiger partial charge on any atom is 0.0745 e. The van der Waals surface area contributed by atoms with Gasteiger partial charge in [-0.05, 0) is 6.92 Å². The van der Waals surface area contributed by atoms with E-state index in [0.717, 1.165) is 0 Å². The van der Waals surface area contributed by atoms with Gasteiger partial charge in [-0.15, -0.1) is 0 Å². The van der Waals surface area contributed by atoms with Crippen LogP contribution in [0.1, 0.15) is 6.92 Å². The summed E-state index contributed by atoms with van der Waals surface area (Å²) in [5.74, 6) is 0. The molecule has 0 aromatic rings. The maximum absolute atomic E-state index is 8.43. The first-order valence-electron chi connectivity index (χ1n) is 3.45. The minimum Gasteiger partial charge on any atom is -0.394 e. The van der Waals surface area contributed by atoms with Crippen LogP contribution in [0.5, 0.6) is 0 Å². The number of rotatable bonds is 4. The van der Waals surface area contributed by atoms with E-state index in [1.54, 1.807) is 21.1 Å². The Labute approximate surface area is 67.8 Å². The van der Waals surface area contributed by atoms with E-state index in [-0.39, 0.29) is 12.7 Å². The summed E-state index contributed by atoms with van der Waals surface area (Å²) in [5.41, 5.74) is 0. The SMILES string of the molecule is COCC(C)O.COCCO. The van der Waals surface area contributed by atoms with Crippen LogP contribution in [0.4, 0.5) is 0 Å². The lowest BCUT2D eigenvalue weighted by molar-refractivity contribution is 0.0765. The third-order valence-corrected chi connectivity index (χ3v) is 0.703. The molecule has 0 aliphatic rings. The smallest absolute Gasteiger partial charge is 0.0745 e. The molecule has 1 unspecified atom stereocenters. The number of methoxy groups -OCH3 is 2. The Balaban J connectivity index is 0. The van der Waals surface area contributed by atoms with E-state index in [1.165, 1.54) is 0 Å². The van der Waals surface area contributed by atoms with E-state index in [4.69, 9.17) is 10.2 Å². The number of aliphatic hydroxyl groups excluding tert-OH is 2. The van der Waals surface area contributed by atoms with Gasteiger partial charge in [-0.2, -0.15) is 0 Å². The first-order chi connectivity index (χ1) is 5.18.